The SMILES string of the molecule is CC(C)(C)c1ccc(CSc2cc[c]([Sn]([CH3])([CH3])[CH3])s2)cc1. The first-order chi connectivity index (χ1) is 9.66. The monoisotopic (exact) mass is 426 g/mol. The molecule has 0 fully saturated rings. The van der Waals surface area contributed by atoms with Gasteiger partial charge in [0.2, 0.25) is 0 Å². The summed E-state index contributed by atoms with van der Waals surface area (Å²) in [7, 11) is 0. The van der Waals surface area contributed by atoms with Crippen molar-refractivity contribution >= 4 is 44.4 Å². The van der Waals surface area contributed by atoms with Gasteiger partial charge in [0, 0.05) is 0 Å². The fourth-order valence-electron chi connectivity index (χ4n) is 2.06. The number of thiophene rings is 1. The maximum atomic E-state index is 2.49. The zero-order valence-electron chi connectivity index (χ0n) is 14.0. The Morgan fingerprint density at radius 3 is 2.05 bits per heavy atom. The van der Waals surface area contributed by atoms with Gasteiger partial charge in [0.25, 0.3) is 0 Å². The maximum absolute atomic E-state index is 2.49. The van der Waals surface area contributed by atoms with Gasteiger partial charge in [0.15, 0.2) is 0 Å². The van der Waals surface area contributed by atoms with E-state index in [1.807, 2.05) is 23.1 Å². The standard InChI is InChI=1S/C15H17S2.3CH3.Sn/c1-15(2,3)13-8-6-12(7-9-13)11-17-14-5-4-10-16-14;;;;/h4-9H,11H2,1-3H3;3*1H3;. The molecule has 2 aromatic rings. The molecule has 0 atom stereocenters. The van der Waals surface area contributed by atoms with Crippen LogP contribution >= 0.6 is 23.1 Å². The van der Waals surface area contributed by atoms with Gasteiger partial charge in [-0.2, -0.15) is 0 Å². The Hall–Kier alpha value is 0.0687. The van der Waals surface area contributed by atoms with E-state index in [0.717, 1.165) is 5.75 Å². The zero-order valence-corrected chi connectivity index (χ0v) is 18.5. The van der Waals surface area contributed by atoms with Crippen LogP contribution < -0.4 is 2.89 Å². The van der Waals surface area contributed by atoms with E-state index in [0.29, 0.717) is 0 Å². The van der Waals surface area contributed by atoms with Crippen molar-refractivity contribution in [2.75, 3.05) is 0 Å². The number of rotatable bonds is 4. The summed E-state index contributed by atoms with van der Waals surface area (Å²) in [6, 6.07) is 13.8. The van der Waals surface area contributed by atoms with E-state index in [4.69, 9.17) is 0 Å². The molecule has 0 saturated heterocycles. The van der Waals surface area contributed by atoms with Crippen molar-refractivity contribution in [1.82, 2.24) is 0 Å². The van der Waals surface area contributed by atoms with Gasteiger partial charge in [-0.05, 0) is 0 Å². The minimum atomic E-state index is -1.86. The van der Waals surface area contributed by atoms with Crippen LogP contribution in [-0.4, -0.2) is 18.4 Å². The normalized spacial score (nSPS) is 12.7. The fourth-order valence-corrected chi connectivity index (χ4v) is 10.1. The average Bonchev–Trinajstić information content (AvgIpc) is 2.84. The molecule has 0 bridgehead atoms. The van der Waals surface area contributed by atoms with Crippen LogP contribution in [-0.2, 0) is 11.2 Å². The van der Waals surface area contributed by atoms with Crippen LogP contribution in [0.25, 0.3) is 0 Å². The summed E-state index contributed by atoms with van der Waals surface area (Å²) in [5.74, 6) is 1.07. The molecule has 0 unspecified atom stereocenters. The summed E-state index contributed by atoms with van der Waals surface area (Å²) in [6.07, 6.45) is 0. The van der Waals surface area contributed by atoms with Crippen LogP contribution in [0.3, 0.4) is 0 Å². The summed E-state index contributed by atoms with van der Waals surface area (Å²) in [5.41, 5.74) is 3.08. The van der Waals surface area contributed by atoms with Gasteiger partial charge in [0.05, 0.1) is 0 Å². The third kappa shape index (κ3) is 5.04. The molecule has 114 valence electrons. The summed E-state index contributed by atoms with van der Waals surface area (Å²) in [5, 5.41) is 0. The van der Waals surface area contributed by atoms with Crippen LogP contribution in [0.15, 0.2) is 40.6 Å². The predicted molar refractivity (Wildman–Crippen MR) is 102 cm³/mol. The molecule has 0 amide bonds. The molecule has 2 rings (SSSR count). The Balaban J connectivity index is 1.99. The van der Waals surface area contributed by atoms with Crippen molar-refractivity contribution < 1.29 is 0 Å². The molecule has 0 nitrogen and oxygen atoms in total. The van der Waals surface area contributed by atoms with Gasteiger partial charge < -0.3 is 0 Å². The van der Waals surface area contributed by atoms with Crippen molar-refractivity contribution in [3.8, 4) is 0 Å². The first kappa shape index (κ1) is 17.4. The Morgan fingerprint density at radius 1 is 0.952 bits per heavy atom. The summed E-state index contributed by atoms with van der Waals surface area (Å²) in [4.78, 5) is 7.46. The van der Waals surface area contributed by atoms with Crippen LogP contribution in [0.1, 0.15) is 31.9 Å². The molecule has 0 aliphatic rings. The van der Waals surface area contributed by atoms with Crippen LogP contribution in [0.4, 0.5) is 0 Å². The molecular formula is C18H26S2Sn. The van der Waals surface area contributed by atoms with E-state index in [-0.39, 0.29) is 5.41 Å². The van der Waals surface area contributed by atoms with Gasteiger partial charge in [-0.3, -0.25) is 0 Å². The quantitative estimate of drug-likeness (QED) is 0.435. The van der Waals surface area contributed by atoms with E-state index in [2.05, 4.69) is 72.0 Å². The molecule has 0 aliphatic carbocycles. The topological polar surface area (TPSA) is 0 Å². The second-order valence-corrected chi connectivity index (χ2v) is 25.4. The van der Waals surface area contributed by atoms with E-state index in [1.165, 1.54) is 15.3 Å². The van der Waals surface area contributed by atoms with Gasteiger partial charge in [0.1, 0.15) is 0 Å². The summed E-state index contributed by atoms with van der Waals surface area (Å²) < 4.78 is 3.14. The summed E-state index contributed by atoms with van der Waals surface area (Å²) in [6.45, 7) is 6.80. The van der Waals surface area contributed by atoms with Crippen LogP contribution in [0, 0.1) is 0 Å². The number of benzene rings is 1. The average molecular weight is 425 g/mol. The first-order valence-corrected chi connectivity index (χ1v) is 19.3. The molecular weight excluding hydrogens is 399 g/mol. The Labute approximate surface area is 142 Å². The van der Waals surface area contributed by atoms with E-state index >= 15 is 0 Å². The van der Waals surface area contributed by atoms with Gasteiger partial charge in [-0.25, -0.2) is 0 Å². The number of thioether (sulfide) groups is 1. The van der Waals surface area contributed by atoms with Crippen molar-refractivity contribution in [3.05, 3.63) is 47.5 Å². The van der Waals surface area contributed by atoms with Crippen LogP contribution in [0.2, 0.25) is 14.8 Å². The molecule has 3 heteroatoms. The van der Waals surface area contributed by atoms with Crippen molar-refractivity contribution in [1.29, 1.82) is 0 Å². The third-order valence-electron chi connectivity index (χ3n) is 3.52. The minimum absolute atomic E-state index is 0.244. The van der Waals surface area contributed by atoms with Gasteiger partial charge >= 0.3 is 143 Å². The zero-order chi connectivity index (χ0) is 15.7. The van der Waals surface area contributed by atoms with Crippen molar-refractivity contribution in [2.45, 2.75) is 51.0 Å². The molecule has 0 saturated carbocycles. The summed E-state index contributed by atoms with van der Waals surface area (Å²) >= 11 is 2.13. The second kappa shape index (κ2) is 6.67. The van der Waals surface area contributed by atoms with E-state index < -0.39 is 18.4 Å². The molecule has 0 aliphatic heterocycles. The first-order valence-electron chi connectivity index (χ1n) is 7.49. The fraction of sp³-hybridized carbons (Fsp3) is 0.444. The van der Waals surface area contributed by atoms with E-state index in [1.54, 1.807) is 2.89 Å². The van der Waals surface area contributed by atoms with Gasteiger partial charge in [-0.1, -0.05) is 0 Å². The van der Waals surface area contributed by atoms with E-state index in [9.17, 15) is 0 Å². The predicted octanol–water partition coefficient (Wildman–Crippen LogP) is 5.88. The Kier molecular flexibility index (Phi) is 5.54. The molecule has 0 N–H and O–H groups in total. The Bertz CT molecular complexity index is 583. The molecule has 0 spiro atoms. The third-order valence-corrected chi connectivity index (χ3v) is 15.4. The number of hydrogen-bond donors (Lipinski definition) is 0. The molecule has 0 radical (unpaired) electrons. The van der Waals surface area contributed by atoms with Crippen LogP contribution in [0.5, 0.6) is 0 Å². The Morgan fingerprint density at radius 2 is 1.57 bits per heavy atom. The molecule has 1 aromatic carbocycles. The molecule has 1 aromatic heterocycles. The van der Waals surface area contributed by atoms with Gasteiger partial charge in [-0.15, -0.1) is 0 Å². The molecule has 1 heterocycles. The number of hydrogen-bond acceptors (Lipinski definition) is 2. The second-order valence-electron chi connectivity index (χ2n) is 7.60. The molecule has 21 heavy (non-hydrogen) atoms. The van der Waals surface area contributed by atoms with Crippen molar-refractivity contribution in [3.63, 3.8) is 0 Å². The van der Waals surface area contributed by atoms with Crippen molar-refractivity contribution in [2.24, 2.45) is 0 Å².